The van der Waals surface area contributed by atoms with Gasteiger partial charge in [0, 0.05) is 25.0 Å². The lowest BCUT2D eigenvalue weighted by Gasteiger charge is -2.34. The maximum atomic E-state index is 5.93. The smallest absolute Gasteiger partial charge is 0.229 e. The van der Waals surface area contributed by atoms with Gasteiger partial charge in [0.25, 0.3) is 0 Å². The zero-order valence-electron chi connectivity index (χ0n) is 19.3. The van der Waals surface area contributed by atoms with Crippen molar-refractivity contribution < 1.29 is 14.2 Å². The van der Waals surface area contributed by atoms with Gasteiger partial charge in [-0.3, -0.25) is 0 Å². The molecule has 0 bridgehead atoms. The Bertz CT molecular complexity index is 1280. The molecule has 0 spiro atoms. The fourth-order valence-corrected chi connectivity index (χ4v) is 3.77. The van der Waals surface area contributed by atoms with Crippen molar-refractivity contribution in [2.24, 2.45) is 0 Å². The van der Waals surface area contributed by atoms with Crippen LogP contribution in [0, 0.1) is 6.92 Å². The van der Waals surface area contributed by atoms with Crippen LogP contribution < -0.4 is 24.4 Å². The molecule has 9 nitrogen and oxygen atoms in total. The Labute approximate surface area is 198 Å². The predicted molar refractivity (Wildman–Crippen MR) is 130 cm³/mol. The van der Waals surface area contributed by atoms with Gasteiger partial charge in [0.2, 0.25) is 5.95 Å². The summed E-state index contributed by atoms with van der Waals surface area (Å²) in [5, 5.41) is 3.27. The lowest BCUT2D eigenvalue weighted by atomic mass is 10.2. The number of ether oxygens (including phenoxy) is 3. The minimum atomic E-state index is 0.0217. The second-order valence-corrected chi connectivity index (χ2v) is 8.02. The number of likely N-dealkylation sites (N-methyl/N-ethyl adjacent to an activating group) is 1. The molecule has 1 N–H and O–H groups in total. The van der Waals surface area contributed by atoms with Gasteiger partial charge in [0.1, 0.15) is 24.7 Å². The molecule has 2 aromatic heterocycles. The van der Waals surface area contributed by atoms with Crippen molar-refractivity contribution in [1.29, 1.82) is 0 Å². The van der Waals surface area contributed by atoms with Crippen LogP contribution in [0.15, 0.2) is 67.3 Å². The van der Waals surface area contributed by atoms with Crippen LogP contribution in [0.3, 0.4) is 0 Å². The number of hydrogen-bond acceptors (Lipinski definition) is 8. The molecule has 3 heterocycles. The molecule has 1 unspecified atom stereocenters. The molecule has 0 amide bonds. The number of fused-ring (bicyclic) bond motifs is 1. The fraction of sp³-hybridized carbons (Fsp3) is 0.240. The Morgan fingerprint density at radius 2 is 2.00 bits per heavy atom. The molecule has 0 aliphatic carbocycles. The molecular weight excluding hydrogens is 432 g/mol. The number of hydrogen-bond donors (Lipinski definition) is 1. The van der Waals surface area contributed by atoms with E-state index in [2.05, 4.69) is 20.2 Å². The number of para-hydroxylation sites is 1. The summed E-state index contributed by atoms with van der Waals surface area (Å²) in [6, 6.07) is 15.6. The van der Waals surface area contributed by atoms with Crippen LogP contribution in [0.2, 0.25) is 0 Å². The number of methoxy groups -OCH3 is 1. The van der Waals surface area contributed by atoms with Crippen molar-refractivity contribution >= 4 is 17.5 Å². The summed E-state index contributed by atoms with van der Waals surface area (Å²) in [7, 11) is 3.63. The molecule has 0 radical (unpaired) electrons. The molecule has 174 valence electrons. The second kappa shape index (κ2) is 9.30. The standard InChI is InChI=1S/C25H26N6O3/c1-17-13-31(16-27-17)21-10-9-18(11-22(21)32-3)28-25-26-12-23-24(29-25)30(2)19(15-34-23)14-33-20-7-5-4-6-8-20/h4-13,16,19H,14-15H2,1-3H3,(H,26,28,29). The van der Waals surface area contributed by atoms with Crippen LogP contribution in [0.5, 0.6) is 17.2 Å². The van der Waals surface area contributed by atoms with Crippen LogP contribution in [0.1, 0.15) is 5.69 Å². The first-order chi connectivity index (χ1) is 16.6. The Hall–Kier alpha value is -4.27. The van der Waals surface area contributed by atoms with E-state index in [1.807, 2.05) is 73.3 Å². The molecule has 1 atom stereocenters. The van der Waals surface area contributed by atoms with E-state index in [1.165, 1.54) is 0 Å². The minimum Gasteiger partial charge on any atom is -0.494 e. The largest absolute Gasteiger partial charge is 0.494 e. The number of aryl methyl sites for hydroxylation is 1. The van der Waals surface area contributed by atoms with E-state index >= 15 is 0 Å². The second-order valence-electron chi connectivity index (χ2n) is 8.02. The Morgan fingerprint density at radius 3 is 2.76 bits per heavy atom. The van der Waals surface area contributed by atoms with Crippen molar-refractivity contribution in [3.63, 3.8) is 0 Å². The van der Waals surface area contributed by atoms with Gasteiger partial charge in [-0.25, -0.2) is 9.97 Å². The highest BCUT2D eigenvalue weighted by Crippen LogP contribution is 2.33. The first-order valence-corrected chi connectivity index (χ1v) is 11.0. The molecule has 1 aliphatic rings. The van der Waals surface area contributed by atoms with Gasteiger partial charge in [0.15, 0.2) is 11.6 Å². The van der Waals surface area contributed by atoms with Gasteiger partial charge in [-0.1, -0.05) is 18.2 Å². The Kier molecular flexibility index (Phi) is 5.90. The van der Waals surface area contributed by atoms with Crippen LogP contribution in [-0.4, -0.2) is 52.9 Å². The van der Waals surface area contributed by atoms with Crippen molar-refractivity contribution in [2.45, 2.75) is 13.0 Å². The molecule has 0 saturated heterocycles. The van der Waals surface area contributed by atoms with Gasteiger partial charge in [-0.05, 0) is 31.2 Å². The number of nitrogens with one attached hydrogen (secondary N) is 1. The summed E-state index contributed by atoms with van der Waals surface area (Å²) in [6.45, 7) is 2.93. The molecule has 34 heavy (non-hydrogen) atoms. The molecule has 5 rings (SSSR count). The third-order valence-corrected chi connectivity index (χ3v) is 5.66. The number of nitrogens with zero attached hydrogens (tertiary/aromatic N) is 5. The molecule has 2 aromatic carbocycles. The van der Waals surface area contributed by atoms with Gasteiger partial charge in [-0.15, -0.1) is 0 Å². The third-order valence-electron chi connectivity index (χ3n) is 5.66. The lowest BCUT2D eigenvalue weighted by Crippen LogP contribution is -2.45. The fourth-order valence-electron chi connectivity index (χ4n) is 3.77. The summed E-state index contributed by atoms with van der Waals surface area (Å²) >= 11 is 0. The average molecular weight is 459 g/mol. The molecular formula is C25H26N6O3. The van der Waals surface area contributed by atoms with E-state index in [9.17, 15) is 0 Å². The van der Waals surface area contributed by atoms with Crippen molar-refractivity contribution in [3.8, 4) is 22.9 Å². The maximum Gasteiger partial charge on any atom is 0.229 e. The van der Waals surface area contributed by atoms with E-state index in [4.69, 9.17) is 19.2 Å². The predicted octanol–water partition coefficient (Wildman–Crippen LogP) is 4.00. The van der Waals surface area contributed by atoms with Gasteiger partial charge >= 0.3 is 0 Å². The van der Waals surface area contributed by atoms with Crippen LogP contribution in [0.4, 0.5) is 17.5 Å². The highest BCUT2D eigenvalue weighted by Gasteiger charge is 2.27. The molecule has 0 saturated carbocycles. The van der Waals surface area contributed by atoms with E-state index < -0.39 is 0 Å². The Balaban J connectivity index is 1.32. The minimum absolute atomic E-state index is 0.0217. The SMILES string of the molecule is COc1cc(Nc2ncc3c(n2)N(C)C(COc2ccccc2)CO3)ccc1-n1cnc(C)c1. The first-order valence-electron chi connectivity index (χ1n) is 11.0. The lowest BCUT2D eigenvalue weighted by molar-refractivity contribution is 0.202. The quantitative estimate of drug-likeness (QED) is 0.445. The maximum absolute atomic E-state index is 5.93. The van der Waals surface area contributed by atoms with E-state index in [1.54, 1.807) is 19.6 Å². The van der Waals surface area contributed by atoms with E-state index in [-0.39, 0.29) is 6.04 Å². The van der Waals surface area contributed by atoms with Crippen molar-refractivity contribution in [1.82, 2.24) is 19.5 Å². The number of imidazole rings is 1. The van der Waals surface area contributed by atoms with Gasteiger partial charge in [0.05, 0.1) is 37.1 Å². The monoisotopic (exact) mass is 458 g/mol. The number of benzene rings is 2. The van der Waals surface area contributed by atoms with Crippen molar-refractivity contribution in [2.75, 3.05) is 37.6 Å². The zero-order chi connectivity index (χ0) is 23.5. The normalized spacial score (nSPS) is 14.8. The van der Waals surface area contributed by atoms with E-state index in [0.29, 0.717) is 36.5 Å². The highest BCUT2D eigenvalue weighted by molar-refractivity contribution is 5.64. The Morgan fingerprint density at radius 1 is 1.15 bits per heavy atom. The van der Waals surface area contributed by atoms with Gasteiger partial charge < -0.3 is 29.0 Å². The number of anilines is 3. The topological polar surface area (TPSA) is 86.6 Å². The summed E-state index contributed by atoms with van der Waals surface area (Å²) in [6.07, 6.45) is 5.40. The molecule has 0 fully saturated rings. The highest BCUT2D eigenvalue weighted by atomic mass is 16.5. The summed E-state index contributed by atoms with van der Waals surface area (Å²) < 4.78 is 19.4. The van der Waals surface area contributed by atoms with E-state index in [0.717, 1.165) is 22.8 Å². The first kappa shape index (κ1) is 21.6. The van der Waals surface area contributed by atoms with Crippen LogP contribution in [-0.2, 0) is 0 Å². The number of rotatable bonds is 7. The van der Waals surface area contributed by atoms with Crippen LogP contribution in [0.25, 0.3) is 5.69 Å². The number of aromatic nitrogens is 4. The summed E-state index contributed by atoms with van der Waals surface area (Å²) in [5.41, 5.74) is 2.64. The molecule has 9 heteroatoms. The molecule has 1 aliphatic heterocycles. The van der Waals surface area contributed by atoms with Crippen molar-refractivity contribution in [3.05, 3.63) is 72.9 Å². The summed E-state index contributed by atoms with van der Waals surface area (Å²) in [5.74, 6) is 3.36. The third kappa shape index (κ3) is 4.45. The van der Waals surface area contributed by atoms with Crippen LogP contribution >= 0.6 is 0 Å². The summed E-state index contributed by atoms with van der Waals surface area (Å²) in [4.78, 5) is 15.5. The average Bonchev–Trinajstić information content (AvgIpc) is 3.30. The molecule has 4 aromatic rings. The van der Waals surface area contributed by atoms with Gasteiger partial charge in [-0.2, -0.15) is 4.98 Å². The zero-order valence-corrected chi connectivity index (χ0v) is 19.3.